The molecule has 3 amide bonds. The van der Waals surface area contributed by atoms with Crippen LogP contribution in [0.4, 0.5) is 39.8 Å². The summed E-state index contributed by atoms with van der Waals surface area (Å²) < 4.78 is 0. The van der Waals surface area contributed by atoms with Crippen LogP contribution < -0.4 is 16.0 Å². The van der Waals surface area contributed by atoms with E-state index in [-0.39, 0.29) is 36.1 Å². The van der Waals surface area contributed by atoms with Crippen molar-refractivity contribution in [3.8, 4) is 5.75 Å². The number of amides is 3. The topological polar surface area (TPSA) is 194 Å². The van der Waals surface area contributed by atoms with Gasteiger partial charge in [-0.15, -0.1) is 5.11 Å². The zero-order valence-corrected chi connectivity index (χ0v) is 29.8. The molecular weight excluding hydrogens is 699 g/mol. The molecule has 6 aromatic carbocycles. The number of para-hydroxylation sites is 1. The second kappa shape index (κ2) is 16.9. The van der Waals surface area contributed by atoms with E-state index in [0.717, 1.165) is 11.1 Å². The Morgan fingerprint density at radius 1 is 0.545 bits per heavy atom. The van der Waals surface area contributed by atoms with Gasteiger partial charge in [0.2, 0.25) is 5.91 Å². The summed E-state index contributed by atoms with van der Waals surface area (Å²) in [6, 6.07) is 34.4. The van der Waals surface area contributed by atoms with E-state index in [2.05, 4.69) is 36.4 Å². The van der Waals surface area contributed by atoms with Crippen molar-refractivity contribution in [3.05, 3.63) is 144 Å². The van der Waals surface area contributed by atoms with Crippen LogP contribution in [0.15, 0.2) is 142 Å². The van der Waals surface area contributed by atoms with Gasteiger partial charge >= 0.3 is 5.97 Å². The maximum Gasteiger partial charge on any atom is 0.303 e. The van der Waals surface area contributed by atoms with E-state index in [9.17, 15) is 24.3 Å². The average molecular weight is 734 g/mol. The van der Waals surface area contributed by atoms with Crippen molar-refractivity contribution in [2.45, 2.75) is 26.7 Å². The normalized spacial score (nSPS) is 11.2. The van der Waals surface area contributed by atoms with Crippen LogP contribution in [0.5, 0.6) is 5.75 Å². The molecule has 0 radical (unpaired) electrons. The fourth-order valence-corrected chi connectivity index (χ4v) is 5.44. The summed E-state index contributed by atoms with van der Waals surface area (Å²) in [6.45, 7) is 3.76. The van der Waals surface area contributed by atoms with Gasteiger partial charge in [-0.3, -0.25) is 19.2 Å². The molecule has 0 bridgehead atoms. The third-order valence-electron chi connectivity index (χ3n) is 8.44. The standard InChI is InChI=1S/C42H35N7O6/c1-25-23-37(26(2)22-36(25)48-46-32-15-10-28(11-16-32)41(54)44-30-6-4-3-5-7-30)49-47-35-19-12-29-24-33(17-18-34(29)40(35)53)45-42(55)27-8-13-31(14-9-27)43-38(50)20-21-39(51)52/h3-19,22-24,53H,20-21H2,1-2H3,(H,43,50)(H,44,54)(H,45,55)(H,51,52). The highest BCUT2D eigenvalue weighted by Gasteiger charge is 2.12. The molecule has 274 valence electrons. The Bertz CT molecular complexity index is 2460. The number of aromatic hydroxyl groups is 1. The number of aryl methyl sites for hydroxylation is 2. The summed E-state index contributed by atoms with van der Waals surface area (Å²) in [5, 5.41) is 46.7. The first kappa shape index (κ1) is 37.2. The number of carbonyl (C=O) groups excluding carboxylic acids is 3. The van der Waals surface area contributed by atoms with Crippen molar-refractivity contribution in [1.29, 1.82) is 0 Å². The average Bonchev–Trinajstić information content (AvgIpc) is 3.18. The molecule has 6 rings (SSSR count). The van der Waals surface area contributed by atoms with Crippen LogP contribution in [-0.2, 0) is 9.59 Å². The predicted octanol–water partition coefficient (Wildman–Crippen LogP) is 10.3. The molecular formula is C42H35N7O6. The molecule has 0 aromatic heterocycles. The number of azo groups is 2. The van der Waals surface area contributed by atoms with Gasteiger partial charge in [0, 0.05) is 40.0 Å². The van der Waals surface area contributed by atoms with Gasteiger partial charge in [0.05, 0.1) is 23.5 Å². The second-order valence-corrected chi connectivity index (χ2v) is 12.5. The molecule has 0 aliphatic rings. The summed E-state index contributed by atoms with van der Waals surface area (Å²) >= 11 is 0. The maximum atomic E-state index is 12.9. The van der Waals surface area contributed by atoms with Crippen molar-refractivity contribution in [2.75, 3.05) is 16.0 Å². The van der Waals surface area contributed by atoms with Crippen molar-refractivity contribution in [1.82, 2.24) is 0 Å². The summed E-state index contributed by atoms with van der Waals surface area (Å²) in [4.78, 5) is 48.0. The van der Waals surface area contributed by atoms with Gasteiger partial charge < -0.3 is 26.2 Å². The number of carboxylic acids is 1. The van der Waals surface area contributed by atoms with Crippen LogP contribution in [-0.4, -0.2) is 33.9 Å². The van der Waals surface area contributed by atoms with E-state index in [1.807, 2.05) is 56.3 Å². The Morgan fingerprint density at radius 2 is 1.09 bits per heavy atom. The molecule has 0 aliphatic heterocycles. The summed E-state index contributed by atoms with van der Waals surface area (Å²) in [5.41, 5.74) is 6.21. The minimum Gasteiger partial charge on any atom is -0.505 e. The van der Waals surface area contributed by atoms with E-state index in [1.165, 1.54) is 0 Å². The Kier molecular flexibility index (Phi) is 11.4. The molecule has 13 nitrogen and oxygen atoms in total. The number of nitrogens with zero attached hydrogens (tertiary/aromatic N) is 4. The van der Waals surface area contributed by atoms with Gasteiger partial charge in [0.15, 0.2) is 5.75 Å². The highest BCUT2D eigenvalue weighted by atomic mass is 16.4. The lowest BCUT2D eigenvalue weighted by atomic mass is 10.1. The molecule has 0 spiro atoms. The van der Waals surface area contributed by atoms with E-state index >= 15 is 0 Å². The Hall–Kier alpha value is -7.54. The number of carboxylic acid groups (broad SMARTS) is 1. The number of hydrogen-bond acceptors (Lipinski definition) is 9. The molecule has 5 N–H and O–H groups in total. The third-order valence-corrected chi connectivity index (χ3v) is 8.44. The fraction of sp³-hybridized carbons (Fsp3) is 0.0952. The van der Waals surface area contributed by atoms with Crippen molar-refractivity contribution < 1.29 is 29.4 Å². The Balaban J connectivity index is 1.08. The van der Waals surface area contributed by atoms with E-state index in [4.69, 9.17) is 5.11 Å². The highest BCUT2D eigenvalue weighted by molar-refractivity contribution is 6.06. The SMILES string of the molecule is Cc1cc(N=Nc2ccc3cc(NC(=O)c4ccc(NC(=O)CCC(=O)O)cc4)ccc3c2O)c(C)cc1N=Nc1ccc(C(=O)Nc2ccccc2)cc1. The van der Waals surface area contributed by atoms with Crippen LogP contribution >= 0.6 is 0 Å². The quantitative estimate of drug-likeness (QED) is 0.0776. The van der Waals surface area contributed by atoms with Crippen LogP contribution in [0.3, 0.4) is 0 Å². The zero-order valence-electron chi connectivity index (χ0n) is 29.8. The largest absolute Gasteiger partial charge is 0.505 e. The molecule has 0 heterocycles. The number of fused-ring (bicyclic) bond motifs is 1. The number of phenolic OH excluding ortho intramolecular Hbond substituents is 1. The number of phenols is 1. The first-order valence-electron chi connectivity index (χ1n) is 17.1. The van der Waals surface area contributed by atoms with Crippen LogP contribution in [0.1, 0.15) is 44.7 Å². The van der Waals surface area contributed by atoms with Gasteiger partial charge in [-0.25, -0.2) is 0 Å². The van der Waals surface area contributed by atoms with Crippen LogP contribution in [0, 0.1) is 13.8 Å². The number of benzene rings is 6. The number of nitrogens with one attached hydrogen (secondary N) is 3. The first-order chi connectivity index (χ1) is 26.5. The molecule has 13 heteroatoms. The number of carbonyl (C=O) groups is 4. The number of anilines is 3. The van der Waals surface area contributed by atoms with Crippen molar-refractivity contribution in [3.63, 3.8) is 0 Å². The lowest BCUT2D eigenvalue weighted by molar-refractivity contribution is -0.138. The molecule has 6 aromatic rings. The minimum absolute atomic E-state index is 0.0662. The predicted molar refractivity (Wildman–Crippen MR) is 211 cm³/mol. The Labute approximate surface area is 315 Å². The monoisotopic (exact) mass is 733 g/mol. The highest BCUT2D eigenvalue weighted by Crippen LogP contribution is 2.38. The van der Waals surface area contributed by atoms with E-state index < -0.39 is 11.9 Å². The second-order valence-electron chi connectivity index (χ2n) is 12.5. The Morgan fingerprint density at radius 3 is 1.73 bits per heavy atom. The molecule has 0 saturated carbocycles. The molecule has 0 fully saturated rings. The molecule has 0 atom stereocenters. The third kappa shape index (κ3) is 9.67. The lowest BCUT2D eigenvalue weighted by Gasteiger charge is -2.10. The molecule has 0 unspecified atom stereocenters. The zero-order chi connectivity index (χ0) is 38.9. The lowest BCUT2D eigenvalue weighted by Crippen LogP contribution is -2.14. The van der Waals surface area contributed by atoms with Gasteiger partial charge in [0.1, 0.15) is 5.69 Å². The summed E-state index contributed by atoms with van der Waals surface area (Å²) in [6.07, 6.45) is -0.426. The van der Waals surface area contributed by atoms with Crippen LogP contribution in [0.2, 0.25) is 0 Å². The minimum atomic E-state index is -1.06. The summed E-state index contributed by atoms with van der Waals surface area (Å²) in [5.74, 6) is -2.16. The van der Waals surface area contributed by atoms with Gasteiger partial charge in [-0.05, 0) is 127 Å². The van der Waals surface area contributed by atoms with E-state index in [1.54, 1.807) is 78.9 Å². The van der Waals surface area contributed by atoms with Gasteiger partial charge in [-0.2, -0.15) is 15.3 Å². The number of rotatable bonds is 12. The maximum absolute atomic E-state index is 12.9. The molecule has 0 saturated heterocycles. The molecule has 0 aliphatic carbocycles. The van der Waals surface area contributed by atoms with Crippen LogP contribution in [0.25, 0.3) is 10.8 Å². The van der Waals surface area contributed by atoms with Crippen molar-refractivity contribution in [2.24, 2.45) is 20.5 Å². The first-order valence-corrected chi connectivity index (χ1v) is 17.1. The molecule has 55 heavy (non-hydrogen) atoms. The van der Waals surface area contributed by atoms with Gasteiger partial charge in [0.25, 0.3) is 11.8 Å². The number of aliphatic carboxylic acids is 1. The van der Waals surface area contributed by atoms with E-state index in [0.29, 0.717) is 56.0 Å². The smallest absolute Gasteiger partial charge is 0.303 e. The van der Waals surface area contributed by atoms with Crippen molar-refractivity contribution >= 4 is 74.3 Å². The fourth-order valence-electron chi connectivity index (χ4n) is 5.44. The van der Waals surface area contributed by atoms with Gasteiger partial charge in [-0.1, -0.05) is 24.3 Å². The number of hydrogen-bond donors (Lipinski definition) is 5. The summed E-state index contributed by atoms with van der Waals surface area (Å²) in [7, 11) is 0.